The van der Waals surface area contributed by atoms with E-state index in [0.29, 0.717) is 5.06 Å². The van der Waals surface area contributed by atoms with Crippen LogP contribution in [0.3, 0.4) is 0 Å². The van der Waals surface area contributed by atoms with Gasteiger partial charge in [0.1, 0.15) is 85.4 Å². The molecule has 4 aliphatic heterocycles. The van der Waals surface area contributed by atoms with Crippen molar-refractivity contribution in [1.29, 1.82) is 0 Å². The third-order valence-electron chi connectivity index (χ3n) is 13.1. The van der Waals surface area contributed by atoms with Crippen LogP contribution in [-0.2, 0) is 66.8 Å². The smallest absolute Gasteiger partial charge is 0.333 e. The van der Waals surface area contributed by atoms with Crippen molar-refractivity contribution in [2.45, 2.75) is 181 Å². The second-order valence-electron chi connectivity index (χ2n) is 18.5. The molecule has 424 valence electrons. The predicted molar refractivity (Wildman–Crippen MR) is 235 cm³/mol. The van der Waals surface area contributed by atoms with Crippen LogP contribution in [0.5, 0.6) is 0 Å². The van der Waals surface area contributed by atoms with Crippen molar-refractivity contribution in [2.24, 2.45) is 5.92 Å². The molecule has 31 nitrogen and oxygen atoms in total. The van der Waals surface area contributed by atoms with E-state index >= 15 is 0 Å². The number of hydroxylamine groups is 2. The van der Waals surface area contributed by atoms with E-state index in [2.05, 4.69) is 16.0 Å². The summed E-state index contributed by atoms with van der Waals surface area (Å²) in [5.41, 5.74) is 0. The first-order chi connectivity index (χ1) is 35.1. The van der Waals surface area contributed by atoms with Crippen molar-refractivity contribution >= 4 is 35.5 Å². The molecule has 0 radical (unpaired) electrons. The van der Waals surface area contributed by atoms with E-state index < -0.39 is 203 Å². The van der Waals surface area contributed by atoms with Crippen molar-refractivity contribution in [3.63, 3.8) is 0 Å². The summed E-state index contributed by atoms with van der Waals surface area (Å²) < 4.78 is 39.1. The van der Waals surface area contributed by atoms with Gasteiger partial charge in [0, 0.05) is 51.3 Å². The third-order valence-corrected chi connectivity index (χ3v) is 13.1. The summed E-state index contributed by atoms with van der Waals surface area (Å²) in [7, 11) is 0. The van der Waals surface area contributed by atoms with Crippen molar-refractivity contribution in [2.75, 3.05) is 46.1 Å². The standard InChI is InChI=1S/C43H70N4O27/c1-17-28(55)33(60)36(63)41(70-17)67-10-8-44-24(51)13-19(46-23(50)4-2-3-5-27(54)74-47-25(52)6-7-26(47)53)40(66)45-9-11-68-43-38(65)39(71-20-12-18(14-48)29(56)34(61)30(20)57)32(59)22(73-43)16-69-42-37(64)35(62)31(58)21(15-49)72-42/h17-22,28-39,41-43,48-49,55-65H,2-16H2,1H3,(H,44,51)(H,45,66)(H,46,50)/t17-,18+,19?,20-,21+,22+,28+,29+,30+,31+,32+,33+,34-,35-,36-,37-,38-,39-,41+,42-,43-/m0/s1. The second-order valence-corrected chi connectivity index (χ2v) is 18.5. The highest BCUT2D eigenvalue weighted by atomic mass is 16.7. The molecular formula is C43H70N4O27. The Bertz CT molecular complexity index is 1840. The minimum atomic E-state index is -1.92. The van der Waals surface area contributed by atoms with Crippen LogP contribution in [0.25, 0.3) is 0 Å². The molecule has 1 aliphatic carbocycles. The minimum absolute atomic E-state index is 0.0515. The number of imide groups is 1. The highest BCUT2D eigenvalue weighted by Crippen LogP contribution is 2.33. The fourth-order valence-electron chi connectivity index (χ4n) is 8.61. The number of hydrogen-bond donors (Lipinski definition) is 16. The van der Waals surface area contributed by atoms with E-state index in [1.807, 2.05) is 0 Å². The van der Waals surface area contributed by atoms with Crippen molar-refractivity contribution in [3.8, 4) is 0 Å². The average Bonchev–Trinajstić information content (AvgIpc) is 3.69. The molecule has 4 heterocycles. The zero-order valence-corrected chi connectivity index (χ0v) is 40.2. The first-order valence-electron chi connectivity index (χ1n) is 24.2. The number of carbonyl (C=O) groups is 6. The molecule has 31 heteroatoms. The minimum Gasteiger partial charge on any atom is -0.396 e. The molecule has 5 amide bonds. The molecule has 0 spiro atoms. The molecular weight excluding hydrogens is 1000 g/mol. The quantitative estimate of drug-likeness (QED) is 0.0298. The topological polar surface area (TPSA) is 479 Å². The lowest BCUT2D eigenvalue weighted by atomic mass is 9.81. The van der Waals surface area contributed by atoms with Crippen LogP contribution in [0.1, 0.15) is 58.3 Å². The lowest BCUT2D eigenvalue weighted by Gasteiger charge is -2.46. The van der Waals surface area contributed by atoms with E-state index in [-0.39, 0.29) is 58.1 Å². The lowest BCUT2D eigenvalue weighted by molar-refractivity contribution is -0.340. The first kappa shape index (κ1) is 61.1. The molecule has 5 fully saturated rings. The number of carbonyl (C=O) groups excluding carboxylic acids is 6. The zero-order valence-electron chi connectivity index (χ0n) is 40.2. The number of aliphatic hydroxyl groups excluding tert-OH is 13. The molecule has 1 unspecified atom stereocenters. The summed E-state index contributed by atoms with van der Waals surface area (Å²) in [6.07, 6.45) is -32.4. The van der Waals surface area contributed by atoms with Crippen molar-refractivity contribution < 1.29 is 133 Å². The zero-order chi connectivity index (χ0) is 54.6. The maximum Gasteiger partial charge on any atom is 0.333 e. The number of hydrogen-bond acceptors (Lipinski definition) is 27. The van der Waals surface area contributed by atoms with Crippen LogP contribution in [0.15, 0.2) is 0 Å². The molecule has 4 saturated heterocycles. The van der Waals surface area contributed by atoms with E-state index in [0.717, 1.165) is 0 Å². The summed E-state index contributed by atoms with van der Waals surface area (Å²) in [5, 5.41) is 143. The Morgan fingerprint density at radius 1 is 0.622 bits per heavy atom. The average molecular weight is 1080 g/mol. The first-order valence-corrected chi connectivity index (χ1v) is 24.2. The van der Waals surface area contributed by atoms with E-state index in [1.54, 1.807) is 0 Å². The van der Waals surface area contributed by atoms with Crippen LogP contribution >= 0.6 is 0 Å². The SMILES string of the molecule is C[C@@H]1O[C@@H](OCCNC(=O)CC(NC(=O)CCCCC(=O)ON2C(=O)CCC2=O)C(=O)NCCO[C@H]2O[C@H](CO[C@H]3O[C@H](CO)[C@@H](O)[C@H](O)[C@@H]3O)[C@@H](O)[C@H](O[C@H]3C[C@H](CO)[C@@H](O)[C@H](O)[C@@H]3O)[C@@H]2O)[C@@H](O)[C@H](O)[C@@H]1O. The third kappa shape index (κ3) is 15.9. The molecule has 5 rings (SSSR count). The summed E-state index contributed by atoms with van der Waals surface area (Å²) in [5.74, 6) is -5.72. The number of amides is 5. The summed E-state index contributed by atoms with van der Waals surface area (Å²) in [6, 6.07) is -1.56. The van der Waals surface area contributed by atoms with Gasteiger partial charge >= 0.3 is 5.97 Å². The van der Waals surface area contributed by atoms with Gasteiger partial charge in [-0.3, -0.25) is 24.0 Å². The second kappa shape index (κ2) is 28.6. The summed E-state index contributed by atoms with van der Waals surface area (Å²) >= 11 is 0. The molecule has 0 bridgehead atoms. The number of rotatable bonds is 25. The van der Waals surface area contributed by atoms with Gasteiger partial charge in [0.15, 0.2) is 18.9 Å². The molecule has 1 saturated carbocycles. The van der Waals surface area contributed by atoms with Gasteiger partial charge in [0.25, 0.3) is 11.8 Å². The lowest BCUT2D eigenvalue weighted by Crippen LogP contribution is -2.64. The van der Waals surface area contributed by atoms with Crippen molar-refractivity contribution in [1.82, 2.24) is 21.0 Å². The largest absolute Gasteiger partial charge is 0.396 e. The van der Waals surface area contributed by atoms with Crippen LogP contribution in [0, 0.1) is 5.92 Å². The molecule has 0 aromatic heterocycles. The van der Waals surface area contributed by atoms with Crippen LogP contribution in [0.4, 0.5) is 0 Å². The van der Waals surface area contributed by atoms with E-state index in [1.165, 1.54) is 6.92 Å². The Labute approximate surface area is 422 Å². The molecule has 5 aliphatic rings. The predicted octanol–water partition coefficient (Wildman–Crippen LogP) is -9.77. The van der Waals surface area contributed by atoms with Crippen LogP contribution in [-0.4, -0.2) is 276 Å². The normalized spacial score (nSPS) is 38.1. The van der Waals surface area contributed by atoms with Gasteiger partial charge in [-0.05, 0) is 26.2 Å². The summed E-state index contributed by atoms with van der Waals surface area (Å²) in [6.45, 7) is -2.14. The van der Waals surface area contributed by atoms with E-state index in [4.69, 9.17) is 38.0 Å². The van der Waals surface area contributed by atoms with E-state index in [9.17, 15) is 95.2 Å². The molecule has 21 atom stereocenters. The van der Waals surface area contributed by atoms with Crippen LogP contribution < -0.4 is 16.0 Å². The van der Waals surface area contributed by atoms with Gasteiger partial charge in [0.2, 0.25) is 17.7 Å². The number of nitrogens with one attached hydrogen (secondary N) is 3. The Hall–Kier alpha value is -3.78. The fourth-order valence-corrected chi connectivity index (χ4v) is 8.61. The Balaban J connectivity index is 1.20. The van der Waals surface area contributed by atoms with Crippen LogP contribution in [0.2, 0.25) is 0 Å². The number of aliphatic hydroxyl groups is 13. The van der Waals surface area contributed by atoms with Gasteiger partial charge in [-0.15, -0.1) is 5.06 Å². The highest BCUT2D eigenvalue weighted by molar-refractivity contribution is 6.01. The molecule has 16 N–H and O–H groups in total. The number of ether oxygens (including phenoxy) is 7. The number of unbranched alkanes of at least 4 members (excludes halogenated alkanes) is 1. The van der Waals surface area contributed by atoms with Gasteiger partial charge in [0.05, 0.1) is 51.2 Å². The van der Waals surface area contributed by atoms with Gasteiger partial charge in [-0.1, -0.05) is 0 Å². The van der Waals surface area contributed by atoms with Gasteiger partial charge in [-0.2, -0.15) is 0 Å². The summed E-state index contributed by atoms with van der Waals surface area (Å²) in [4.78, 5) is 80.2. The Morgan fingerprint density at radius 3 is 1.82 bits per heavy atom. The fraction of sp³-hybridized carbons (Fsp3) is 0.860. The Morgan fingerprint density at radius 2 is 1.19 bits per heavy atom. The highest BCUT2D eigenvalue weighted by Gasteiger charge is 2.52. The molecule has 0 aromatic rings. The Kier molecular flexibility index (Phi) is 23.6. The van der Waals surface area contributed by atoms with Gasteiger partial charge < -0.3 is 120 Å². The maximum atomic E-state index is 13.6. The molecule has 0 aromatic carbocycles. The van der Waals surface area contributed by atoms with Crippen molar-refractivity contribution in [3.05, 3.63) is 0 Å². The number of nitrogens with zero attached hydrogens (tertiary/aromatic N) is 1. The van der Waals surface area contributed by atoms with Gasteiger partial charge in [-0.25, -0.2) is 4.79 Å². The molecule has 74 heavy (non-hydrogen) atoms. The monoisotopic (exact) mass is 1070 g/mol. The maximum absolute atomic E-state index is 13.6.